The van der Waals surface area contributed by atoms with Crippen LogP contribution in [0, 0.1) is 10.1 Å². The Hall–Kier alpha value is -3.53. The van der Waals surface area contributed by atoms with Crippen LogP contribution >= 0.6 is 11.3 Å². The molecular formula is C20H19N3O6S. The van der Waals surface area contributed by atoms with E-state index in [4.69, 9.17) is 9.47 Å². The van der Waals surface area contributed by atoms with Gasteiger partial charge in [0.2, 0.25) is 0 Å². The van der Waals surface area contributed by atoms with Crippen molar-refractivity contribution in [3.05, 3.63) is 57.6 Å². The second-order valence-electron chi connectivity index (χ2n) is 6.34. The number of esters is 1. The van der Waals surface area contributed by atoms with Crippen LogP contribution in [0.15, 0.2) is 42.5 Å². The molecule has 0 aliphatic heterocycles. The number of thiazole rings is 1. The number of ether oxygens (including phenoxy) is 2. The first kappa shape index (κ1) is 21.2. The van der Waals surface area contributed by atoms with Gasteiger partial charge < -0.3 is 14.8 Å². The van der Waals surface area contributed by atoms with Crippen LogP contribution in [-0.4, -0.2) is 35.0 Å². The van der Waals surface area contributed by atoms with E-state index in [1.54, 1.807) is 0 Å². The summed E-state index contributed by atoms with van der Waals surface area (Å²) >= 11 is 1.51. The lowest BCUT2D eigenvalue weighted by atomic mass is 10.2. The highest BCUT2D eigenvalue weighted by atomic mass is 32.1. The topological polar surface area (TPSA) is 121 Å². The first-order valence-corrected chi connectivity index (χ1v) is 9.86. The minimum Gasteiger partial charge on any atom is -0.495 e. The van der Waals surface area contributed by atoms with Gasteiger partial charge in [-0.25, -0.2) is 4.98 Å². The number of rotatable bonds is 8. The second kappa shape index (κ2) is 9.31. The van der Waals surface area contributed by atoms with Gasteiger partial charge in [-0.2, -0.15) is 0 Å². The molecule has 3 aromatic rings. The van der Waals surface area contributed by atoms with Gasteiger partial charge in [-0.1, -0.05) is 12.1 Å². The van der Waals surface area contributed by atoms with Crippen molar-refractivity contribution in [1.29, 1.82) is 0 Å². The van der Waals surface area contributed by atoms with Gasteiger partial charge in [-0.05, 0) is 25.1 Å². The molecule has 2 aromatic carbocycles. The van der Waals surface area contributed by atoms with Crippen LogP contribution in [0.25, 0.3) is 10.2 Å². The predicted octanol–water partition coefficient (Wildman–Crippen LogP) is 3.72. The van der Waals surface area contributed by atoms with Crippen LogP contribution in [0.1, 0.15) is 18.4 Å². The summed E-state index contributed by atoms with van der Waals surface area (Å²) in [5.41, 5.74) is 0.796. The zero-order valence-electron chi connectivity index (χ0n) is 16.3. The number of hydrogen-bond acceptors (Lipinski definition) is 8. The number of nitrogens with zero attached hydrogens (tertiary/aromatic N) is 2. The van der Waals surface area contributed by atoms with Crippen molar-refractivity contribution in [1.82, 2.24) is 4.98 Å². The summed E-state index contributed by atoms with van der Waals surface area (Å²) in [4.78, 5) is 39.3. The molecule has 1 aromatic heterocycles. The maximum Gasteiger partial charge on any atom is 0.306 e. The number of nitrogens with one attached hydrogen (secondary N) is 1. The molecule has 1 amide bonds. The number of hydrogen-bond donors (Lipinski definition) is 1. The lowest BCUT2D eigenvalue weighted by Crippen LogP contribution is -2.30. The Morgan fingerprint density at radius 2 is 2.03 bits per heavy atom. The van der Waals surface area contributed by atoms with Gasteiger partial charge in [0.05, 0.1) is 39.4 Å². The van der Waals surface area contributed by atoms with Crippen molar-refractivity contribution >= 4 is 44.8 Å². The van der Waals surface area contributed by atoms with E-state index < -0.39 is 22.9 Å². The monoisotopic (exact) mass is 429 g/mol. The highest BCUT2D eigenvalue weighted by Crippen LogP contribution is 2.29. The van der Waals surface area contributed by atoms with E-state index in [1.807, 2.05) is 24.3 Å². The number of amides is 1. The molecule has 156 valence electrons. The standard InChI is InChI=1S/C20H19N3O6S/c1-12(20(25)22-15-11-13(23(26)27)7-8-16(15)28-2)29-19(24)10-9-18-21-14-5-3-4-6-17(14)30-18/h3-8,11-12H,9-10H2,1-2H3,(H,22,25)/t12-/m0/s1. The normalized spacial score (nSPS) is 11.7. The molecule has 10 heteroatoms. The number of non-ortho nitro benzene ring substituents is 1. The molecular weight excluding hydrogens is 410 g/mol. The molecule has 0 bridgehead atoms. The molecule has 0 unspecified atom stereocenters. The van der Waals surface area contributed by atoms with Crippen LogP contribution in [0.4, 0.5) is 11.4 Å². The maximum atomic E-state index is 12.4. The third kappa shape index (κ3) is 5.09. The van der Waals surface area contributed by atoms with Gasteiger partial charge in [0.1, 0.15) is 5.75 Å². The fraction of sp³-hybridized carbons (Fsp3) is 0.250. The fourth-order valence-corrected chi connectivity index (χ4v) is 3.65. The predicted molar refractivity (Wildman–Crippen MR) is 112 cm³/mol. The quantitative estimate of drug-likeness (QED) is 0.329. The first-order valence-electron chi connectivity index (χ1n) is 9.04. The van der Waals surface area contributed by atoms with E-state index in [1.165, 1.54) is 43.6 Å². The van der Waals surface area contributed by atoms with Crippen LogP contribution in [0.2, 0.25) is 0 Å². The second-order valence-corrected chi connectivity index (χ2v) is 7.45. The van der Waals surface area contributed by atoms with E-state index in [-0.39, 0.29) is 23.5 Å². The average molecular weight is 429 g/mol. The van der Waals surface area contributed by atoms with Crippen molar-refractivity contribution in [3.63, 3.8) is 0 Å². The number of aryl methyl sites for hydroxylation is 1. The summed E-state index contributed by atoms with van der Waals surface area (Å²) < 4.78 is 11.3. The summed E-state index contributed by atoms with van der Waals surface area (Å²) in [5, 5.41) is 14.3. The number of nitro groups is 1. The minimum absolute atomic E-state index is 0.0809. The molecule has 0 saturated heterocycles. The summed E-state index contributed by atoms with van der Waals surface area (Å²) in [6.45, 7) is 1.43. The van der Waals surface area contributed by atoms with Gasteiger partial charge >= 0.3 is 5.97 Å². The zero-order valence-corrected chi connectivity index (χ0v) is 17.1. The zero-order chi connectivity index (χ0) is 21.7. The number of carbonyl (C=O) groups is 2. The summed E-state index contributed by atoms with van der Waals surface area (Å²) in [6, 6.07) is 11.5. The number of carbonyl (C=O) groups excluding carboxylic acids is 2. The van der Waals surface area contributed by atoms with E-state index in [0.717, 1.165) is 15.2 Å². The molecule has 9 nitrogen and oxygen atoms in total. The number of benzene rings is 2. The molecule has 1 N–H and O–H groups in total. The number of para-hydroxylation sites is 1. The number of methoxy groups -OCH3 is 1. The molecule has 0 spiro atoms. The van der Waals surface area contributed by atoms with Gasteiger partial charge in [0, 0.05) is 18.6 Å². The lowest BCUT2D eigenvalue weighted by Gasteiger charge is -2.15. The lowest BCUT2D eigenvalue weighted by molar-refractivity contribution is -0.384. The molecule has 0 saturated carbocycles. The number of fused-ring (bicyclic) bond motifs is 1. The number of aromatic nitrogens is 1. The minimum atomic E-state index is -1.09. The maximum absolute atomic E-state index is 12.4. The molecule has 0 aliphatic rings. The fourth-order valence-electron chi connectivity index (χ4n) is 2.69. The van der Waals surface area contributed by atoms with Crippen molar-refractivity contribution in [3.8, 4) is 5.75 Å². The summed E-state index contributed by atoms with van der Waals surface area (Å²) in [6.07, 6.45) is -0.597. The van der Waals surface area contributed by atoms with E-state index >= 15 is 0 Å². The smallest absolute Gasteiger partial charge is 0.306 e. The van der Waals surface area contributed by atoms with Crippen molar-refractivity contribution in [2.45, 2.75) is 25.9 Å². The Balaban J connectivity index is 1.56. The Labute approximate surface area is 175 Å². The highest BCUT2D eigenvalue weighted by molar-refractivity contribution is 7.18. The van der Waals surface area contributed by atoms with Crippen LogP contribution in [-0.2, 0) is 20.7 Å². The largest absolute Gasteiger partial charge is 0.495 e. The van der Waals surface area contributed by atoms with E-state index in [0.29, 0.717) is 6.42 Å². The molecule has 1 atom stereocenters. The van der Waals surface area contributed by atoms with Gasteiger partial charge in [-0.3, -0.25) is 19.7 Å². The SMILES string of the molecule is COc1ccc([N+](=O)[O-])cc1NC(=O)[C@H](C)OC(=O)CCc1nc2ccccc2s1. The number of nitro benzene ring substituents is 1. The molecule has 0 aliphatic carbocycles. The van der Waals surface area contributed by atoms with Crippen LogP contribution in [0.5, 0.6) is 5.75 Å². The molecule has 0 radical (unpaired) electrons. The van der Waals surface area contributed by atoms with E-state index in [9.17, 15) is 19.7 Å². The van der Waals surface area contributed by atoms with Gasteiger partial charge in [-0.15, -0.1) is 11.3 Å². The number of anilines is 1. The van der Waals surface area contributed by atoms with Crippen LogP contribution in [0.3, 0.4) is 0 Å². The third-order valence-corrected chi connectivity index (χ3v) is 5.31. The summed E-state index contributed by atoms with van der Waals surface area (Å²) in [7, 11) is 1.38. The van der Waals surface area contributed by atoms with Crippen LogP contribution < -0.4 is 10.1 Å². The molecule has 0 fully saturated rings. The Kier molecular flexibility index (Phi) is 6.58. The Morgan fingerprint density at radius 1 is 1.27 bits per heavy atom. The average Bonchev–Trinajstić information content (AvgIpc) is 3.15. The molecule has 1 heterocycles. The summed E-state index contributed by atoms with van der Waals surface area (Å²) in [5.74, 6) is -0.909. The highest BCUT2D eigenvalue weighted by Gasteiger charge is 2.21. The van der Waals surface area contributed by atoms with Crippen molar-refractivity contribution in [2.75, 3.05) is 12.4 Å². The van der Waals surface area contributed by atoms with Crippen molar-refractivity contribution in [2.24, 2.45) is 0 Å². The molecule has 3 rings (SSSR count). The Bertz CT molecular complexity index is 1060. The molecule has 30 heavy (non-hydrogen) atoms. The first-order chi connectivity index (χ1) is 14.4. The van der Waals surface area contributed by atoms with E-state index in [2.05, 4.69) is 10.3 Å². The third-order valence-electron chi connectivity index (χ3n) is 4.21. The van der Waals surface area contributed by atoms with Gasteiger partial charge in [0.15, 0.2) is 6.10 Å². The van der Waals surface area contributed by atoms with Crippen molar-refractivity contribution < 1.29 is 24.0 Å². The Morgan fingerprint density at radius 3 is 2.73 bits per heavy atom. The van der Waals surface area contributed by atoms with Gasteiger partial charge in [0.25, 0.3) is 11.6 Å².